The van der Waals surface area contributed by atoms with Crippen LogP contribution in [0.5, 0.6) is 5.75 Å². The fraction of sp³-hybridized carbons (Fsp3) is 0.310. The molecular formula is C29H29ClN6O4. The summed E-state index contributed by atoms with van der Waals surface area (Å²) < 4.78 is 7.40. The Bertz CT molecular complexity index is 1550. The average Bonchev–Trinajstić information content (AvgIpc) is 3.38. The maximum atomic E-state index is 12.8. The van der Waals surface area contributed by atoms with Gasteiger partial charge in [-0.05, 0) is 49.7 Å². The maximum absolute atomic E-state index is 12.8. The Labute approximate surface area is 236 Å². The number of anilines is 1. The third-order valence-electron chi connectivity index (χ3n) is 6.69. The van der Waals surface area contributed by atoms with E-state index in [1.807, 2.05) is 18.2 Å². The predicted molar refractivity (Wildman–Crippen MR) is 150 cm³/mol. The number of fused-ring (bicyclic) bond motifs is 1. The van der Waals surface area contributed by atoms with E-state index < -0.39 is 11.7 Å². The van der Waals surface area contributed by atoms with Gasteiger partial charge in [-0.1, -0.05) is 23.7 Å². The minimum absolute atomic E-state index is 0.0900. The molecule has 11 heteroatoms. The molecule has 2 N–H and O–H groups in total. The van der Waals surface area contributed by atoms with Crippen LogP contribution in [0.2, 0.25) is 5.02 Å². The first-order chi connectivity index (χ1) is 19.1. The van der Waals surface area contributed by atoms with E-state index in [0.717, 1.165) is 16.9 Å². The molecule has 1 aromatic carbocycles. The summed E-state index contributed by atoms with van der Waals surface area (Å²) in [7, 11) is 0. The average molecular weight is 561 g/mol. The Hall–Kier alpha value is -4.17. The highest BCUT2D eigenvalue weighted by molar-refractivity contribution is 6.30. The number of carbonyl (C=O) groups is 1. The largest absolute Gasteiger partial charge is 0.489 e. The van der Waals surface area contributed by atoms with Crippen molar-refractivity contribution in [2.24, 2.45) is 0 Å². The minimum Gasteiger partial charge on any atom is -0.489 e. The Kier molecular flexibility index (Phi) is 7.63. The molecule has 206 valence electrons. The summed E-state index contributed by atoms with van der Waals surface area (Å²) in [5.74, 6) is 0.923. The van der Waals surface area contributed by atoms with Crippen LogP contribution in [0.1, 0.15) is 31.1 Å². The van der Waals surface area contributed by atoms with E-state index in [9.17, 15) is 20.3 Å². The molecule has 0 aliphatic carbocycles. The van der Waals surface area contributed by atoms with Gasteiger partial charge in [0, 0.05) is 48.5 Å². The number of amides is 1. The Morgan fingerprint density at radius 2 is 1.88 bits per heavy atom. The molecule has 40 heavy (non-hydrogen) atoms. The van der Waals surface area contributed by atoms with Crippen molar-refractivity contribution in [3.05, 3.63) is 77.2 Å². The number of halogens is 1. The highest BCUT2D eigenvalue weighted by Gasteiger charge is 2.27. The lowest BCUT2D eigenvalue weighted by Gasteiger charge is -2.36. The SMILES string of the molecule is CC(C)(O)COc1cc(-c2ccc(N3CCN(C(=O)C(O)c4ccc(Cl)cc4)CC3)nc2)c2c(C#N)cnn2c1. The van der Waals surface area contributed by atoms with Crippen LogP contribution in [0.4, 0.5) is 5.82 Å². The van der Waals surface area contributed by atoms with Gasteiger partial charge in [-0.3, -0.25) is 4.79 Å². The lowest BCUT2D eigenvalue weighted by molar-refractivity contribution is -0.140. The predicted octanol–water partition coefficient (Wildman–Crippen LogP) is 3.45. The van der Waals surface area contributed by atoms with Crippen LogP contribution < -0.4 is 9.64 Å². The second-order valence-electron chi connectivity index (χ2n) is 10.3. The van der Waals surface area contributed by atoms with E-state index in [-0.39, 0.29) is 12.5 Å². The number of benzene rings is 1. The van der Waals surface area contributed by atoms with Gasteiger partial charge in [0.1, 0.15) is 24.2 Å². The first kappa shape index (κ1) is 27.4. The number of aliphatic hydroxyl groups excluding tert-OH is 1. The van der Waals surface area contributed by atoms with Gasteiger partial charge in [-0.2, -0.15) is 10.4 Å². The van der Waals surface area contributed by atoms with Crippen LogP contribution in [-0.2, 0) is 4.79 Å². The van der Waals surface area contributed by atoms with Gasteiger partial charge in [-0.25, -0.2) is 9.50 Å². The third kappa shape index (κ3) is 5.87. The van der Waals surface area contributed by atoms with Crippen LogP contribution in [-0.4, -0.2) is 74.0 Å². The maximum Gasteiger partial charge on any atom is 0.256 e. The molecule has 3 aromatic heterocycles. The molecule has 10 nitrogen and oxygen atoms in total. The van der Waals surface area contributed by atoms with E-state index in [0.29, 0.717) is 53.6 Å². The summed E-state index contributed by atoms with van der Waals surface area (Å²) in [5, 5.41) is 35.1. The van der Waals surface area contributed by atoms with Crippen LogP contribution in [0.25, 0.3) is 16.6 Å². The molecule has 5 rings (SSSR count). The number of carbonyl (C=O) groups excluding carboxylic acids is 1. The van der Waals surface area contributed by atoms with Gasteiger partial charge < -0.3 is 24.7 Å². The Morgan fingerprint density at radius 1 is 1.15 bits per heavy atom. The molecular weight excluding hydrogens is 532 g/mol. The second-order valence-corrected chi connectivity index (χ2v) is 10.8. The molecule has 1 fully saturated rings. The lowest BCUT2D eigenvalue weighted by atomic mass is 10.0. The molecule has 4 aromatic rings. The van der Waals surface area contributed by atoms with Gasteiger partial charge in [0.2, 0.25) is 0 Å². The highest BCUT2D eigenvalue weighted by atomic mass is 35.5. The molecule has 0 saturated carbocycles. The molecule has 4 heterocycles. The van der Waals surface area contributed by atoms with Gasteiger partial charge in [0.15, 0.2) is 6.10 Å². The monoisotopic (exact) mass is 560 g/mol. The van der Waals surface area contributed by atoms with Crippen LogP contribution in [0.3, 0.4) is 0 Å². The Morgan fingerprint density at radius 3 is 2.50 bits per heavy atom. The number of aromatic nitrogens is 3. The third-order valence-corrected chi connectivity index (χ3v) is 6.95. The summed E-state index contributed by atoms with van der Waals surface area (Å²) in [6.07, 6.45) is 3.69. The molecule has 0 radical (unpaired) electrons. The molecule has 1 aliphatic rings. The first-order valence-electron chi connectivity index (χ1n) is 12.8. The quantitative estimate of drug-likeness (QED) is 0.352. The minimum atomic E-state index is -1.23. The van der Waals surface area contributed by atoms with Crippen LogP contribution in [0, 0.1) is 11.3 Å². The van der Waals surface area contributed by atoms with Crippen molar-refractivity contribution in [2.75, 3.05) is 37.7 Å². The van der Waals surface area contributed by atoms with E-state index in [1.54, 1.807) is 59.9 Å². The molecule has 1 amide bonds. The van der Waals surface area contributed by atoms with E-state index in [2.05, 4.69) is 21.1 Å². The molecule has 0 bridgehead atoms. The number of aliphatic hydroxyl groups is 2. The number of rotatable bonds is 7. The number of piperazine rings is 1. The number of hydrogen-bond acceptors (Lipinski definition) is 8. The standard InChI is InChI=1S/C29H29ClN6O4/c1-29(2,39)18-40-23-13-24(26-21(14-31)16-33-36(26)17-23)20-5-8-25(32-15-20)34-9-11-35(12-10-34)28(38)27(37)19-3-6-22(30)7-4-19/h3-8,13,15-17,27,37,39H,9-12,18H2,1-2H3. The number of ether oxygens (including phenoxy) is 1. The van der Waals surface area contributed by atoms with Gasteiger partial charge in [0.25, 0.3) is 5.91 Å². The van der Waals surface area contributed by atoms with E-state index >= 15 is 0 Å². The van der Waals surface area contributed by atoms with Crippen molar-refractivity contribution in [3.8, 4) is 22.9 Å². The summed E-state index contributed by atoms with van der Waals surface area (Å²) in [5.41, 5.74) is 2.07. The zero-order valence-electron chi connectivity index (χ0n) is 22.2. The smallest absolute Gasteiger partial charge is 0.256 e. The fourth-order valence-corrected chi connectivity index (χ4v) is 4.71. The summed E-state index contributed by atoms with van der Waals surface area (Å²) >= 11 is 5.91. The molecule has 1 unspecified atom stereocenters. The topological polar surface area (TPSA) is 127 Å². The van der Waals surface area contributed by atoms with Crippen molar-refractivity contribution >= 4 is 28.8 Å². The zero-order chi connectivity index (χ0) is 28.4. The number of pyridine rings is 2. The summed E-state index contributed by atoms with van der Waals surface area (Å²) in [6.45, 7) is 5.45. The number of nitriles is 1. The molecule has 1 saturated heterocycles. The number of nitrogens with zero attached hydrogens (tertiary/aromatic N) is 6. The molecule has 0 spiro atoms. The Balaban J connectivity index is 1.30. The molecule has 1 atom stereocenters. The summed E-state index contributed by atoms with van der Waals surface area (Å²) in [6, 6.07) is 14.4. The van der Waals surface area contributed by atoms with E-state index in [1.165, 1.54) is 6.20 Å². The van der Waals surface area contributed by atoms with Gasteiger partial charge in [-0.15, -0.1) is 0 Å². The van der Waals surface area contributed by atoms with Crippen LogP contribution >= 0.6 is 11.6 Å². The summed E-state index contributed by atoms with van der Waals surface area (Å²) in [4.78, 5) is 21.3. The first-order valence-corrected chi connectivity index (χ1v) is 13.2. The van der Waals surface area contributed by atoms with E-state index in [4.69, 9.17) is 16.3 Å². The highest BCUT2D eigenvalue weighted by Crippen LogP contribution is 2.32. The van der Waals surface area contributed by atoms with Gasteiger partial charge in [0.05, 0.1) is 29.1 Å². The number of hydrogen-bond donors (Lipinski definition) is 2. The fourth-order valence-electron chi connectivity index (χ4n) is 4.59. The van der Waals surface area contributed by atoms with Crippen molar-refractivity contribution in [2.45, 2.75) is 25.6 Å². The second kappa shape index (κ2) is 11.1. The van der Waals surface area contributed by atoms with Crippen LogP contribution in [0.15, 0.2) is 61.1 Å². The van der Waals surface area contributed by atoms with Gasteiger partial charge >= 0.3 is 0 Å². The normalized spacial score (nSPS) is 14.7. The van der Waals surface area contributed by atoms with Crippen molar-refractivity contribution in [3.63, 3.8) is 0 Å². The van der Waals surface area contributed by atoms with Crippen molar-refractivity contribution in [1.82, 2.24) is 19.5 Å². The van der Waals surface area contributed by atoms with Crippen molar-refractivity contribution < 1.29 is 19.7 Å². The van der Waals surface area contributed by atoms with Crippen molar-refractivity contribution in [1.29, 1.82) is 5.26 Å². The molecule has 1 aliphatic heterocycles. The zero-order valence-corrected chi connectivity index (χ0v) is 22.9. The lowest BCUT2D eigenvalue weighted by Crippen LogP contribution is -2.50.